The Hall–Kier alpha value is -1.81. The summed E-state index contributed by atoms with van der Waals surface area (Å²) in [6, 6.07) is 9.58. The molecule has 0 aliphatic carbocycles. The molecule has 4 heteroatoms. The third-order valence-corrected chi connectivity index (χ3v) is 3.38. The standard InChI is InChI=1S/C17H18F3N/c1-11(2)13-5-3-12(4-6-13)9-21-10-14-7-16(19)17(20)8-15(14)18/h3-8,11,21H,9-10H2,1-2H3. The van der Waals surface area contributed by atoms with E-state index in [-0.39, 0.29) is 12.1 Å². The lowest BCUT2D eigenvalue weighted by Gasteiger charge is -2.09. The van der Waals surface area contributed by atoms with Crippen molar-refractivity contribution in [1.29, 1.82) is 0 Å². The van der Waals surface area contributed by atoms with Gasteiger partial charge in [0, 0.05) is 24.7 Å². The molecule has 0 aromatic heterocycles. The normalized spacial score (nSPS) is 11.1. The minimum atomic E-state index is -1.17. The topological polar surface area (TPSA) is 12.0 Å². The molecule has 0 saturated heterocycles. The first-order valence-electron chi connectivity index (χ1n) is 6.90. The van der Waals surface area contributed by atoms with Crippen LogP contribution >= 0.6 is 0 Å². The van der Waals surface area contributed by atoms with Crippen molar-refractivity contribution in [2.45, 2.75) is 32.9 Å². The number of hydrogen-bond acceptors (Lipinski definition) is 1. The fourth-order valence-corrected chi connectivity index (χ4v) is 2.06. The molecule has 0 unspecified atom stereocenters. The van der Waals surface area contributed by atoms with E-state index in [1.54, 1.807) is 0 Å². The summed E-state index contributed by atoms with van der Waals surface area (Å²) in [6.45, 7) is 4.93. The van der Waals surface area contributed by atoms with E-state index >= 15 is 0 Å². The summed E-state index contributed by atoms with van der Waals surface area (Å²) < 4.78 is 39.3. The molecular formula is C17H18F3N. The van der Waals surface area contributed by atoms with Gasteiger partial charge < -0.3 is 5.32 Å². The highest BCUT2D eigenvalue weighted by Crippen LogP contribution is 2.16. The predicted octanol–water partition coefficient (Wildman–Crippen LogP) is 4.52. The smallest absolute Gasteiger partial charge is 0.161 e. The average Bonchev–Trinajstić information content (AvgIpc) is 2.45. The van der Waals surface area contributed by atoms with E-state index in [2.05, 4.69) is 31.3 Å². The molecule has 0 heterocycles. The second-order valence-electron chi connectivity index (χ2n) is 5.36. The van der Waals surface area contributed by atoms with Gasteiger partial charge in [0.2, 0.25) is 0 Å². The number of nitrogens with one attached hydrogen (secondary N) is 1. The summed E-state index contributed by atoms with van der Waals surface area (Å²) in [5.74, 6) is -2.46. The summed E-state index contributed by atoms with van der Waals surface area (Å²) in [6.07, 6.45) is 0. The molecule has 0 aliphatic heterocycles. The van der Waals surface area contributed by atoms with Crippen LogP contribution in [-0.2, 0) is 13.1 Å². The van der Waals surface area contributed by atoms with Crippen LogP contribution in [0.3, 0.4) is 0 Å². The van der Waals surface area contributed by atoms with Gasteiger partial charge in [-0.15, -0.1) is 0 Å². The number of hydrogen-bond donors (Lipinski definition) is 1. The van der Waals surface area contributed by atoms with Crippen molar-refractivity contribution >= 4 is 0 Å². The molecule has 0 saturated carbocycles. The quantitative estimate of drug-likeness (QED) is 0.799. The van der Waals surface area contributed by atoms with Gasteiger partial charge in [-0.25, -0.2) is 13.2 Å². The molecule has 2 rings (SSSR count). The van der Waals surface area contributed by atoms with E-state index in [0.29, 0.717) is 18.5 Å². The molecule has 21 heavy (non-hydrogen) atoms. The third-order valence-electron chi connectivity index (χ3n) is 3.38. The molecule has 0 fully saturated rings. The molecular weight excluding hydrogens is 275 g/mol. The Morgan fingerprint density at radius 2 is 1.48 bits per heavy atom. The van der Waals surface area contributed by atoms with Crippen LogP contribution in [0.1, 0.15) is 36.5 Å². The lowest BCUT2D eigenvalue weighted by molar-refractivity contribution is 0.487. The Morgan fingerprint density at radius 1 is 0.857 bits per heavy atom. The molecule has 0 aliphatic rings. The fourth-order valence-electron chi connectivity index (χ4n) is 2.06. The monoisotopic (exact) mass is 293 g/mol. The highest BCUT2D eigenvalue weighted by atomic mass is 19.2. The molecule has 2 aromatic carbocycles. The Morgan fingerprint density at radius 3 is 2.10 bits per heavy atom. The summed E-state index contributed by atoms with van der Waals surface area (Å²) in [5.41, 5.74) is 2.43. The van der Waals surface area contributed by atoms with Crippen molar-refractivity contribution in [2.24, 2.45) is 0 Å². The summed E-state index contributed by atoms with van der Waals surface area (Å²) in [4.78, 5) is 0. The Bertz CT molecular complexity index is 606. The van der Waals surface area contributed by atoms with E-state index in [1.165, 1.54) is 5.56 Å². The number of benzene rings is 2. The third kappa shape index (κ3) is 4.08. The van der Waals surface area contributed by atoms with E-state index in [0.717, 1.165) is 11.6 Å². The van der Waals surface area contributed by atoms with Gasteiger partial charge in [0.05, 0.1) is 0 Å². The van der Waals surface area contributed by atoms with Crippen LogP contribution in [0.15, 0.2) is 36.4 Å². The van der Waals surface area contributed by atoms with Crippen LogP contribution in [0.2, 0.25) is 0 Å². The molecule has 1 nitrogen and oxygen atoms in total. The van der Waals surface area contributed by atoms with Crippen LogP contribution in [-0.4, -0.2) is 0 Å². The van der Waals surface area contributed by atoms with E-state index in [1.807, 2.05) is 12.1 Å². The molecule has 112 valence electrons. The summed E-state index contributed by atoms with van der Waals surface area (Å²) in [7, 11) is 0. The van der Waals surface area contributed by atoms with E-state index in [4.69, 9.17) is 0 Å². The first kappa shape index (κ1) is 15.6. The van der Waals surface area contributed by atoms with Crippen LogP contribution in [0.25, 0.3) is 0 Å². The van der Waals surface area contributed by atoms with Gasteiger partial charge in [0.1, 0.15) is 5.82 Å². The maximum Gasteiger partial charge on any atom is 0.161 e. The van der Waals surface area contributed by atoms with Crippen molar-refractivity contribution in [3.05, 3.63) is 70.5 Å². The second-order valence-corrected chi connectivity index (χ2v) is 5.36. The van der Waals surface area contributed by atoms with Gasteiger partial charge in [0.15, 0.2) is 11.6 Å². The summed E-state index contributed by atoms with van der Waals surface area (Å²) in [5, 5.41) is 3.03. The van der Waals surface area contributed by atoms with Crippen molar-refractivity contribution in [2.75, 3.05) is 0 Å². The zero-order chi connectivity index (χ0) is 15.4. The minimum absolute atomic E-state index is 0.118. The van der Waals surface area contributed by atoms with Crippen LogP contribution in [0.4, 0.5) is 13.2 Å². The largest absolute Gasteiger partial charge is 0.309 e. The first-order valence-corrected chi connectivity index (χ1v) is 6.90. The van der Waals surface area contributed by atoms with Crippen molar-refractivity contribution in [1.82, 2.24) is 5.32 Å². The predicted molar refractivity (Wildman–Crippen MR) is 77.4 cm³/mol. The van der Waals surface area contributed by atoms with Crippen LogP contribution < -0.4 is 5.32 Å². The highest BCUT2D eigenvalue weighted by molar-refractivity contribution is 5.25. The first-order chi connectivity index (χ1) is 9.97. The zero-order valence-electron chi connectivity index (χ0n) is 12.1. The maximum atomic E-state index is 13.5. The van der Waals surface area contributed by atoms with Gasteiger partial charge in [-0.3, -0.25) is 0 Å². The van der Waals surface area contributed by atoms with Gasteiger partial charge in [-0.1, -0.05) is 38.1 Å². The molecule has 2 aromatic rings. The number of halogens is 3. The Labute approximate surface area is 122 Å². The Balaban J connectivity index is 1.94. The van der Waals surface area contributed by atoms with Crippen molar-refractivity contribution in [3.63, 3.8) is 0 Å². The molecule has 0 bridgehead atoms. The SMILES string of the molecule is CC(C)c1ccc(CNCc2cc(F)c(F)cc2F)cc1. The molecule has 1 N–H and O–H groups in total. The highest BCUT2D eigenvalue weighted by Gasteiger charge is 2.09. The zero-order valence-corrected chi connectivity index (χ0v) is 12.1. The molecule has 0 spiro atoms. The lowest BCUT2D eigenvalue weighted by atomic mass is 10.0. The van der Waals surface area contributed by atoms with Crippen LogP contribution in [0, 0.1) is 17.5 Å². The van der Waals surface area contributed by atoms with Gasteiger partial charge in [-0.05, 0) is 23.1 Å². The minimum Gasteiger partial charge on any atom is -0.309 e. The lowest BCUT2D eigenvalue weighted by Crippen LogP contribution is -2.14. The maximum absolute atomic E-state index is 13.5. The van der Waals surface area contributed by atoms with Crippen molar-refractivity contribution in [3.8, 4) is 0 Å². The summed E-state index contributed by atoms with van der Waals surface area (Å²) >= 11 is 0. The van der Waals surface area contributed by atoms with Crippen molar-refractivity contribution < 1.29 is 13.2 Å². The van der Waals surface area contributed by atoms with Gasteiger partial charge in [-0.2, -0.15) is 0 Å². The van der Waals surface area contributed by atoms with E-state index in [9.17, 15) is 13.2 Å². The van der Waals surface area contributed by atoms with Gasteiger partial charge in [0.25, 0.3) is 0 Å². The molecule has 0 amide bonds. The van der Waals surface area contributed by atoms with Crippen LogP contribution in [0.5, 0.6) is 0 Å². The molecule has 0 radical (unpaired) electrons. The molecule has 0 atom stereocenters. The van der Waals surface area contributed by atoms with E-state index < -0.39 is 17.5 Å². The average molecular weight is 293 g/mol. The fraction of sp³-hybridized carbons (Fsp3) is 0.294. The van der Waals surface area contributed by atoms with Gasteiger partial charge >= 0.3 is 0 Å². The number of rotatable bonds is 5. The Kier molecular flexibility index (Phi) is 5.02. The second kappa shape index (κ2) is 6.76.